The van der Waals surface area contributed by atoms with Crippen LogP contribution in [0.2, 0.25) is 0 Å². The summed E-state index contributed by atoms with van der Waals surface area (Å²) in [5, 5.41) is 4.79. The van der Waals surface area contributed by atoms with Gasteiger partial charge in [0.05, 0.1) is 22.4 Å². The van der Waals surface area contributed by atoms with Crippen molar-refractivity contribution in [3.8, 4) is 50.7 Å². The Labute approximate surface area is 306 Å². The molecule has 250 valence electrons. The topological polar surface area (TPSA) is 43.9 Å². The lowest BCUT2D eigenvalue weighted by Gasteiger charge is -2.21. The molecule has 10 aromatic rings. The summed E-state index contributed by atoms with van der Waals surface area (Å²) < 4.78 is 9.03. The summed E-state index contributed by atoms with van der Waals surface area (Å²) in [4.78, 5) is 10.1. The van der Waals surface area contributed by atoms with Gasteiger partial charge in [0, 0.05) is 54.9 Å². The second-order valence-corrected chi connectivity index (χ2v) is 14.6. The van der Waals surface area contributed by atoms with Crippen LogP contribution in [-0.4, -0.2) is 14.5 Å². The first-order chi connectivity index (χ1) is 26.0. The van der Waals surface area contributed by atoms with Crippen molar-refractivity contribution < 1.29 is 4.42 Å². The zero-order chi connectivity index (χ0) is 35.3. The van der Waals surface area contributed by atoms with Crippen molar-refractivity contribution in [2.45, 2.75) is 19.3 Å². The molecule has 1 aliphatic rings. The molecule has 3 heterocycles. The highest BCUT2D eigenvalue weighted by Crippen LogP contribution is 2.54. The van der Waals surface area contributed by atoms with Gasteiger partial charge in [0.1, 0.15) is 11.2 Å². The molecule has 4 nitrogen and oxygen atoms in total. The molecule has 53 heavy (non-hydrogen) atoms. The number of nitrogens with zero attached hydrogens (tertiary/aromatic N) is 3. The first-order valence-electron chi connectivity index (χ1n) is 18.2. The number of furan rings is 1. The quantitative estimate of drug-likeness (QED) is 0.186. The van der Waals surface area contributed by atoms with E-state index in [2.05, 4.69) is 152 Å². The largest absolute Gasteiger partial charge is 0.455 e. The summed E-state index contributed by atoms with van der Waals surface area (Å²) >= 11 is 0. The second kappa shape index (κ2) is 11.1. The molecule has 0 fully saturated rings. The molecule has 0 N–H and O–H groups in total. The summed E-state index contributed by atoms with van der Waals surface area (Å²) in [5.74, 6) is 0.714. The van der Waals surface area contributed by atoms with Crippen LogP contribution in [0.15, 0.2) is 168 Å². The van der Waals surface area contributed by atoms with E-state index in [-0.39, 0.29) is 5.41 Å². The lowest BCUT2D eigenvalue weighted by atomic mass is 9.82. The monoisotopic (exact) mass is 679 g/mol. The molecule has 1 aliphatic carbocycles. The normalized spacial score (nSPS) is 13.2. The SMILES string of the molecule is CC1(C)c2cc3c(cc2-c2c1ccc1c2oc2ccccc21)c1ccccc1n3-c1ccc(-c2cc(-c3ccccc3)nc(-c3ccccc3)n2)cc1. The third kappa shape index (κ3) is 4.42. The van der Waals surface area contributed by atoms with Crippen molar-refractivity contribution in [1.29, 1.82) is 0 Å². The van der Waals surface area contributed by atoms with Crippen LogP contribution in [0.1, 0.15) is 25.0 Å². The minimum atomic E-state index is -0.197. The summed E-state index contributed by atoms with van der Waals surface area (Å²) in [6.07, 6.45) is 0. The number of fused-ring (bicyclic) bond motifs is 10. The van der Waals surface area contributed by atoms with Crippen LogP contribution < -0.4 is 0 Å². The fraction of sp³-hybridized carbons (Fsp3) is 0.0612. The highest BCUT2D eigenvalue weighted by atomic mass is 16.3. The molecule has 0 saturated carbocycles. The Kier molecular flexibility index (Phi) is 6.27. The lowest BCUT2D eigenvalue weighted by Crippen LogP contribution is -2.15. The Bertz CT molecular complexity index is 3000. The number of benzene rings is 7. The summed E-state index contributed by atoms with van der Waals surface area (Å²) in [6, 6.07) is 58.0. The standard InChI is InChI=1S/C49H33N3O/c1-49(2)39-26-25-36-35-18-10-12-20-45(35)53-47(36)46(39)38-27-37-34-17-9-11-19-43(34)52(44(37)28-40(38)49)33-23-21-31(22-24-33)42-29-41(30-13-5-3-6-14-30)50-48(51-42)32-15-7-4-8-16-32/h3-29H,1-2H3. The zero-order valence-corrected chi connectivity index (χ0v) is 29.3. The zero-order valence-electron chi connectivity index (χ0n) is 29.3. The molecule has 0 amide bonds. The predicted octanol–water partition coefficient (Wildman–Crippen LogP) is 12.8. The maximum Gasteiger partial charge on any atom is 0.160 e. The van der Waals surface area contributed by atoms with Gasteiger partial charge in [-0.3, -0.25) is 0 Å². The van der Waals surface area contributed by atoms with Crippen LogP contribution in [0.5, 0.6) is 0 Å². The fourth-order valence-corrected chi connectivity index (χ4v) is 8.59. The molecule has 0 atom stereocenters. The minimum Gasteiger partial charge on any atom is -0.455 e. The van der Waals surface area contributed by atoms with Gasteiger partial charge in [0.25, 0.3) is 0 Å². The number of para-hydroxylation sites is 2. The van der Waals surface area contributed by atoms with E-state index in [0.717, 1.165) is 50.3 Å². The molecule has 0 aliphatic heterocycles. The van der Waals surface area contributed by atoms with Crippen LogP contribution in [-0.2, 0) is 5.41 Å². The van der Waals surface area contributed by atoms with E-state index in [0.29, 0.717) is 5.82 Å². The molecule has 0 saturated heterocycles. The molecule has 0 unspecified atom stereocenters. The van der Waals surface area contributed by atoms with Gasteiger partial charge in [0.15, 0.2) is 5.82 Å². The Morgan fingerprint density at radius 3 is 1.89 bits per heavy atom. The van der Waals surface area contributed by atoms with Gasteiger partial charge < -0.3 is 8.98 Å². The average Bonchev–Trinajstić information content (AvgIpc) is 3.83. The van der Waals surface area contributed by atoms with Crippen LogP contribution in [0.4, 0.5) is 0 Å². The van der Waals surface area contributed by atoms with Crippen molar-refractivity contribution in [3.63, 3.8) is 0 Å². The van der Waals surface area contributed by atoms with E-state index >= 15 is 0 Å². The van der Waals surface area contributed by atoms with Crippen molar-refractivity contribution in [2.75, 3.05) is 0 Å². The van der Waals surface area contributed by atoms with Crippen LogP contribution in [0.25, 0.3) is 94.5 Å². The highest BCUT2D eigenvalue weighted by Gasteiger charge is 2.38. The van der Waals surface area contributed by atoms with E-state index in [1.807, 2.05) is 30.3 Å². The van der Waals surface area contributed by atoms with Gasteiger partial charge in [-0.15, -0.1) is 0 Å². The Morgan fingerprint density at radius 1 is 0.491 bits per heavy atom. The number of hydrogen-bond donors (Lipinski definition) is 0. The molecular weight excluding hydrogens is 647 g/mol. The smallest absolute Gasteiger partial charge is 0.160 e. The third-order valence-corrected chi connectivity index (χ3v) is 11.2. The molecule has 7 aromatic carbocycles. The number of rotatable bonds is 4. The second-order valence-electron chi connectivity index (χ2n) is 14.6. The lowest BCUT2D eigenvalue weighted by molar-refractivity contribution is 0.653. The Morgan fingerprint density at radius 2 is 1.13 bits per heavy atom. The van der Waals surface area contributed by atoms with Gasteiger partial charge in [-0.25, -0.2) is 9.97 Å². The number of aromatic nitrogens is 3. The van der Waals surface area contributed by atoms with Gasteiger partial charge in [-0.2, -0.15) is 0 Å². The minimum absolute atomic E-state index is 0.197. The summed E-state index contributed by atoms with van der Waals surface area (Å²) in [5.41, 5.74) is 15.2. The van der Waals surface area contributed by atoms with Gasteiger partial charge in [-0.1, -0.05) is 135 Å². The van der Waals surface area contributed by atoms with Crippen molar-refractivity contribution in [3.05, 3.63) is 175 Å². The third-order valence-electron chi connectivity index (χ3n) is 11.2. The summed E-state index contributed by atoms with van der Waals surface area (Å²) in [7, 11) is 0. The fourth-order valence-electron chi connectivity index (χ4n) is 8.59. The van der Waals surface area contributed by atoms with Gasteiger partial charge >= 0.3 is 0 Å². The molecule has 4 heteroatoms. The first kappa shape index (κ1) is 29.9. The Balaban J connectivity index is 1.08. The summed E-state index contributed by atoms with van der Waals surface area (Å²) in [6.45, 7) is 4.68. The van der Waals surface area contributed by atoms with Crippen molar-refractivity contribution in [2.24, 2.45) is 0 Å². The molecule has 11 rings (SSSR count). The molecular formula is C49H33N3O. The van der Waals surface area contributed by atoms with Crippen LogP contribution in [0.3, 0.4) is 0 Å². The molecule has 0 bridgehead atoms. The highest BCUT2D eigenvalue weighted by molar-refractivity contribution is 6.15. The maximum absolute atomic E-state index is 6.62. The van der Waals surface area contributed by atoms with E-state index in [9.17, 15) is 0 Å². The number of hydrogen-bond acceptors (Lipinski definition) is 3. The van der Waals surface area contributed by atoms with Crippen LogP contribution in [0, 0.1) is 0 Å². The van der Waals surface area contributed by atoms with Gasteiger partial charge in [0.2, 0.25) is 0 Å². The maximum atomic E-state index is 6.62. The van der Waals surface area contributed by atoms with E-state index in [1.165, 1.54) is 49.4 Å². The van der Waals surface area contributed by atoms with E-state index in [4.69, 9.17) is 14.4 Å². The first-order valence-corrected chi connectivity index (χ1v) is 18.2. The average molecular weight is 680 g/mol. The molecule has 3 aromatic heterocycles. The molecule has 0 radical (unpaired) electrons. The van der Waals surface area contributed by atoms with E-state index < -0.39 is 0 Å². The van der Waals surface area contributed by atoms with Crippen molar-refractivity contribution >= 4 is 43.7 Å². The Hall–Kier alpha value is -6.78. The van der Waals surface area contributed by atoms with Gasteiger partial charge in [-0.05, 0) is 59.2 Å². The predicted molar refractivity (Wildman–Crippen MR) is 218 cm³/mol. The van der Waals surface area contributed by atoms with E-state index in [1.54, 1.807) is 0 Å². The van der Waals surface area contributed by atoms with Crippen LogP contribution >= 0.6 is 0 Å². The van der Waals surface area contributed by atoms with Crippen molar-refractivity contribution in [1.82, 2.24) is 14.5 Å². The molecule has 0 spiro atoms.